The van der Waals surface area contributed by atoms with Gasteiger partial charge in [0.1, 0.15) is 6.10 Å². The van der Waals surface area contributed by atoms with E-state index in [1.807, 2.05) is 0 Å². The van der Waals surface area contributed by atoms with E-state index in [0.29, 0.717) is 5.57 Å². The third-order valence-electron chi connectivity index (χ3n) is 2.81. The lowest BCUT2D eigenvalue weighted by molar-refractivity contribution is -0.143. The number of esters is 1. The van der Waals surface area contributed by atoms with Crippen LogP contribution < -0.4 is 0 Å². The van der Waals surface area contributed by atoms with Crippen molar-refractivity contribution in [2.24, 2.45) is 5.92 Å². The van der Waals surface area contributed by atoms with Crippen molar-refractivity contribution >= 4 is 5.97 Å². The van der Waals surface area contributed by atoms with E-state index >= 15 is 0 Å². The minimum absolute atomic E-state index is 0.149. The Hall–Kier alpha value is -0.790. The van der Waals surface area contributed by atoms with Gasteiger partial charge in [0.05, 0.1) is 0 Å². The maximum atomic E-state index is 11.2. The van der Waals surface area contributed by atoms with Gasteiger partial charge in [-0.1, -0.05) is 26.3 Å². The molecule has 0 saturated heterocycles. The summed E-state index contributed by atoms with van der Waals surface area (Å²) in [6, 6.07) is 0. The van der Waals surface area contributed by atoms with Gasteiger partial charge in [0, 0.05) is 5.57 Å². The van der Waals surface area contributed by atoms with Crippen molar-refractivity contribution in [2.45, 2.75) is 52.1 Å². The van der Waals surface area contributed by atoms with Gasteiger partial charge in [-0.15, -0.1) is 0 Å². The summed E-state index contributed by atoms with van der Waals surface area (Å²) in [6.07, 6.45) is 5.93. The van der Waals surface area contributed by atoms with E-state index in [4.69, 9.17) is 4.74 Å². The molecule has 0 bridgehead atoms. The van der Waals surface area contributed by atoms with Crippen LogP contribution in [-0.2, 0) is 9.53 Å². The first kappa shape index (κ1) is 11.3. The Morgan fingerprint density at radius 2 is 2.21 bits per heavy atom. The number of hydrogen-bond acceptors (Lipinski definition) is 2. The quantitative estimate of drug-likeness (QED) is 0.510. The van der Waals surface area contributed by atoms with Crippen molar-refractivity contribution in [3.63, 3.8) is 0 Å². The van der Waals surface area contributed by atoms with Crippen LogP contribution in [0.3, 0.4) is 0 Å². The minimum Gasteiger partial charge on any atom is -0.459 e. The van der Waals surface area contributed by atoms with Crippen LogP contribution in [0.5, 0.6) is 0 Å². The van der Waals surface area contributed by atoms with E-state index in [1.54, 1.807) is 6.92 Å². The van der Waals surface area contributed by atoms with Crippen molar-refractivity contribution in [1.82, 2.24) is 0 Å². The molecule has 1 aliphatic rings. The summed E-state index contributed by atoms with van der Waals surface area (Å²) >= 11 is 0. The van der Waals surface area contributed by atoms with Crippen LogP contribution in [0.2, 0.25) is 0 Å². The lowest BCUT2D eigenvalue weighted by Gasteiger charge is -2.12. The Labute approximate surface area is 86.3 Å². The number of carbonyl (C=O) groups is 1. The maximum Gasteiger partial charge on any atom is 0.333 e. The first-order valence-corrected chi connectivity index (χ1v) is 5.50. The molecule has 2 unspecified atom stereocenters. The summed E-state index contributed by atoms with van der Waals surface area (Å²) in [5.74, 6) is 0.537. The fraction of sp³-hybridized carbons (Fsp3) is 0.750. The standard InChI is InChI=1S/C12H20O2/c1-4-5-10-6-7-11(8-10)14-12(13)9(2)3/h10-11H,2,4-8H2,1,3H3. The van der Waals surface area contributed by atoms with Crippen LogP contribution in [0.15, 0.2) is 12.2 Å². The van der Waals surface area contributed by atoms with Gasteiger partial charge in [-0.2, -0.15) is 0 Å². The lowest BCUT2D eigenvalue weighted by Crippen LogP contribution is -2.15. The minimum atomic E-state index is -0.229. The molecule has 0 aromatic carbocycles. The Morgan fingerprint density at radius 3 is 2.79 bits per heavy atom. The molecular weight excluding hydrogens is 176 g/mol. The molecule has 2 nitrogen and oxygen atoms in total. The smallest absolute Gasteiger partial charge is 0.333 e. The predicted octanol–water partition coefficient (Wildman–Crippen LogP) is 3.07. The molecule has 14 heavy (non-hydrogen) atoms. The molecule has 0 aliphatic heterocycles. The second-order valence-corrected chi connectivity index (χ2v) is 4.28. The average Bonchev–Trinajstić information content (AvgIpc) is 2.53. The van der Waals surface area contributed by atoms with E-state index in [2.05, 4.69) is 13.5 Å². The molecule has 80 valence electrons. The summed E-state index contributed by atoms with van der Waals surface area (Å²) in [6.45, 7) is 7.47. The third-order valence-corrected chi connectivity index (χ3v) is 2.81. The summed E-state index contributed by atoms with van der Waals surface area (Å²) < 4.78 is 5.31. The molecule has 0 N–H and O–H groups in total. The predicted molar refractivity (Wildman–Crippen MR) is 56.9 cm³/mol. The molecule has 1 fully saturated rings. The molecule has 0 heterocycles. The summed E-state index contributed by atoms with van der Waals surface area (Å²) in [4.78, 5) is 11.2. The van der Waals surface area contributed by atoms with Gasteiger partial charge in [-0.3, -0.25) is 0 Å². The largest absolute Gasteiger partial charge is 0.459 e. The topological polar surface area (TPSA) is 26.3 Å². The zero-order valence-corrected chi connectivity index (χ0v) is 9.21. The maximum absolute atomic E-state index is 11.2. The highest BCUT2D eigenvalue weighted by atomic mass is 16.5. The summed E-state index contributed by atoms with van der Waals surface area (Å²) in [5.41, 5.74) is 0.504. The third kappa shape index (κ3) is 3.17. The van der Waals surface area contributed by atoms with Crippen LogP contribution in [0.25, 0.3) is 0 Å². The fourth-order valence-electron chi connectivity index (χ4n) is 2.06. The first-order valence-electron chi connectivity index (χ1n) is 5.50. The van der Waals surface area contributed by atoms with Gasteiger partial charge in [-0.25, -0.2) is 4.79 Å². The Balaban J connectivity index is 2.28. The second-order valence-electron chi connectivity index (χ2n) is 4.28. The highest BCUT2D eigenvalue weighted by Gasteiger charge is 2.26. The van der Waals surface area contributed by atoms with Crippen molar-refractivity contribution in [2.75, 3.05) is 0 Å². The van der Waals surface area contributed by atoms with Crippen LogP contribution in [0, 0.1) is 5.92 Å². The molecule has 1 rings (SSSR count). The normalized spacial score (nSPS) is 26.1. The highest BCUT2D eigenvalue weighted by molar-refractivity contribution is 5.87. The lowest BCUT2D eigenvalue weighted by atomic mass is 10.0. The average molecular weight is 196 g/mol. The van der Waals surface area contributed by atoms with Gasteiger partial charge < -0.3 is 4.74 Å². The van der Waals surface area contributed by atoms with Gasteiger partial charge in [-0.05, 0) is 32.1 Å². The highest BCUT2D eigenvalue weighted by Crippen LogP contribution is 2.31. The molecular formula is C12H20O2. The zero-order chi connectivity index (χ0) is 10.6. The van der Waals surface area contributed by atoms with E-state index in [0.717, 1.165) is 18.8 Å². The van der Waals surface area contributed by atoms with Crippen molar-refractivity contribution in [1.29, 1.82) is 0 Å². The number of rotatable bonds is 4. The second kappa shape index (κ2) is 5.18. The van der Waals surface area contributed by atoms with E-state index in [9.17, 15) is 4.79 Å². The Kier molecular flexibility index (Phi) is 4.18. The number of hydrogen-bond donors (Lipinski definition) is 0. The fourth-order valence-corrected chi connectivity index (χ4v) is 2.06. The van der Waals surface area contributed by atoms with Gasteiger partial charge in [0.25, 0.3) is 0 Å². The molecule has 0 spiro atoms. The number of ether oxygens (including phenoxy) is 1. The van der Waals surface area contributed by atoms with Gasteiger partial charge in [0.15, 0.2) is 0 Å². The van der Waals surface area contributed by atoms with Crippen LogP contribution in [-0.4, -0.2) is 12.1 Å². The van der Waals surface area contributed by atoms with Crippen LogP contribution >= 0.6 is 0 Å². The van der Waals surface area contributed by atoms with Gasteiger partial charge in [0.2, 0.25) is 0 Å². The molecule has 0 amide bonds. The van der Waals surface area contributed by atoms with E-state index < -0.39 is 0 Å². The Bertz CT molecular complexity index is 220. The molecule has 0 aromatic rings. The van der Waals surface area contributed by atoms with Crippen molar-refractivity contribution < 1.29 is 9.53 Å². The van der Waals surface area contributed by atoms with Crippen molar-refractivity contribution in [3.8, 4) is 0 Å². The molecule has 0 radical (unpaired) electrons. The molecule has 1 aliphatic carbocycles. The van der Waals surface area contributed by atoms with E-state index in [1.165, 1.54) is 19.3 Å². The van der Waals surface area contributed by atoms with Crippen molar-refractivity contribution in [3.05, 3.63) is 12.2 Å². The SMILES string of the molecule is C=C(C)C(=O)OC1CCC(CCC)C1. The molecule has 1 saturated carbocycles. The molecule has 0 aromatic heterocycles. The van der Waals surface area contributed by atoms with Crippen LogP contribution in [0.1, 0.15) is 46.0 Å². The summed E-state index contributed by atoms with van der Waals surface area (Å²) in [7, 11) is 0. The molecule has 2 atom stereocenters. The zero-order valence-electron chi connectivity index (χ0n) is 9.21. The monoisotopic (exact) mass is 196 g/mol. The molecule has 2 heteroatoms. The van der Waals surface area contributed by atoms with Gasteiger partial charge >= 0.3 is 5.97 Å². The van der Waals surface area contributed by atoms with Crippen LogP contribution in [0.4, 0.5) is 0 Å². The number of carbonyl (C=O) groups excluding carboxylic acids is 1. The summed E-state index contributed by atoms with van der Waals surface area (Å²) in [5, 5.41) is 0. The van der Waals surface area contributed by atoms with E-state index in [-0.39, 0.29) is 12.1 Å². The Morgan fingerprint density at radius 1 is 1.50 bits per heavy atom. The first-order chi connectivity index (χ1) is 6.63.